The maximum atomic E-state index is 12.3. The third-order valence-corrected chi connectivity index (χ3v) is 3.61. The van der Waals surface area contributed by atoms with E-state index in [1.54, 1.807) is 7.11 Å². The molecule has 2 rings (SSSR count). The molecular weight excluding hydrogens is 272 g/mol. The minimum Gasteiger partial charge on any atom is -0.480 e. The van der Waals surface area contributed by atoms with Crippen LogP contribution in [0.15, 0.2) is 24.3 Å². The highest BCUT2D eigenvalue weighted by Crippen LogP contribution is 2.31. The fraction of sp³-hybridized carbons (Fsp3) is 0.467. The fourth-order valence-corrected chi connectivity index (χ4v) is 2.48. The Labute approximate surface area is 123 Å². The van der Waals surface area contributed by atoms with Gasteiger partial charge in [0.25, 0.3) is 0 Å². The molecule has 0 radical (unpaired) electrons. The van der Waals surface area contributed by atoms with Crippen molar-refractivity contribution >= 4 is 17.6 Å². The van der Waals surface area contributed by atoms with Crippen molar-refractivity contribution in [3.05, 3.63) is 29.8 Å². The summed E-state index contributed by atoms with van der Waals surface area (Å²) in [5.74, 6) is -1.61. The van der Waals surface area contributed by atoms with E-state index in [1.807, 2.05) is 24.3 Å². The molecule has 1 aliphatic rings. The van der Waals surface area contributed by atoms with Gasteiger partial charge in [0.15, 0.2) is 0 Å². The Bertz CT molecular complexity index is 518. The van der Waals surface area contributed by atoms with E-state index < -0.39 is 12.0 Å². The third kappa shape index (κ3) is 3.72. The molecule has 0 saturated carbocycles. The Balaban J connectivity index is 1.98. The molecule has 0 spiro atoms. The van der Waals surface area contributed by atoms with Crippen molar-refractivity contribution in [3.63, 3.8) is 0 Å². The van der Waals surface area contributed by atoms with Gasteiger partial charge < -0.3 is 20.5 Å². The van der Waals surface area contributed by atoms with Gasteiger partial charge in [0.2, 0.25) is 5.91 Å². The number of hydrogen-bond donors (Lipinski definition) is 3. The van der Waals surface area contributed by atoms with Gasteiger partial charge in [-0.2, -0.15) is 0 Å². The summed E-state index contributed by atoms with van der Waals surface area (Å²) >= 11 is 0. The van der Waals surface area contributed by atoms with E-state index in [0.29, 0.717) is 26.0 Å². The average Bonchev–Trinajstić information content (AvgIpc) is 2.90. The van der Waals surface area contributed by atoms with E-state index in [-0.39, 0.29) is 11.8 Å². The molecule has 6 nitrogen and oxygen atoms in total. The standard InChI is InChI=1S/C15H20N2O4/c1-21-8-4-7-13(15(19)20)17-14(18)11-9-16-12-6-3-2-5-10(11)12/h2-3,5-6,11,13,16H,4,7-9H2,1H3,(H,17,18)(H,19,20). The van der Waals surface area contributed by atoms with Gasteiger partial charge in [-0.05, 0) is 24.5 Å². The van der Waals surface area contributed by atoms with Crippen LogP contribution >= 0.6 is 0 Å². The molecule has 0 bridgehead atoms. The molecule has 114 valence electrons. The van der Waals surface area contributed by atoms with Crippen LogP contribution in [0.2, 0.25) is 0 Å². The molecule has 0 aromatic heterocycles. The summed E-state index contributed by atoms with van der Waals surface area (Å²) in [6.07, 6.45) is 0.948. The number of methoxy groups -OCH3 is 1. The van der Waals surface area contributed by atoms with Crippen LogP contribution in [0.3, 0.4) is 0 Å². The summed E-state index contributed by atoms with van der Waals surface area (Å²) in [6.45, 7) is 0.975. The number of nitrogens with one attached hydrogen (secondary N) is 2. The molecule has 0 saturated heterocycles. The minimum absolute atomic E-state index is 0.253. The highest BCUT2D eigenvalue weighted by atomic mass is 16.5. The lowest BCUT2D eigenvalue weighted by atomic mass is 10.00. The largest absolute Gasteiger partial charge is 0.480 e. The van der Waals surface area contributed by atoms with Gasteiger partial charge in [-0.1, -0.05) is 18.2 Å². The molecule has 0 aliphatic carbocycles. The van der Waals surface area contributed by atoms with Gasteiger partial charge in [0.1, 0.15) is 6.04 Å². The van der Waals surface area contributed by atoms with Gasteiger partial charge >= 0.3 is 5.97 Å². The highest BCUT2D eigenvalue weighted by Gasteiger charge is 2.30. The van der Waals surface area contributed by atoms with E-state index in [1.165, 1.54) is 0 Å². The van der Waals surface area contributed by atoms with E-state index in [9.17, 15) is 14.7 Å². The number of aliphatic carboxylic acids is 1. The summed E-state index contributed by atoms with van der Waals surface area (Å²) in [6, 6.07) is 6.70. The predicted octanol–water partition coefficient (Wildman–Crippen LogP) is 1.19. The Morgan fingerprint density at radius 1 is 1.48 bits per heavy atom. The molecule has 6 heteroatoms. The van der Waals surface area contributed by atoms with Crippen molar-refractivity contribution in [1.29, 1.82) is 0 Å². The summed E-state index contributed by atoms with van der Waals surface area (Å²) in [5.41, 5.74) is 1.85. The number of carboxylic acids is 1. The van der Waals surface area contributed by atoms with Crippen molar-refractivity contribution in [2.75, 3.05) is 25.6 Å². The number of benzene rings is 1. The molecule has 1 aromatic rings. The molecule has 2 unspecified atom stereocenters. The first kappa shape index (κ1) is 15.3. The number of anilines is 1. The third-order valence-electron chi connectivity index (χ3n) is 3.61. The number of para-hydroxylation sites is 1. The van der Waals surface area contributed by atoms with Crippen molar-refractivity contribution in [2.45, 2.75) is 24.8 Å². The molecule has 1 amide bonds. The van der Waals surface area contributed by atoms with Gasteiger partial charge in [-0.25, -0.2) is 4.79 Å². The number of carboxylic acid groups (broad SMARTS) is 1. The normalized spacial score (nSPS) is 17.7. The maximum Gasteiger partial charge on any atom is 0.326 e. The first-order chi connectivity index (χ1) is 10.1. The van der Waals surface area contributed by atoms with E-state index in [2.05, 4.69) is 10.6 Å². The number of hydrogen-bond acceptors (Lipinski definition) is 4. The first-order valence-corrected chi connectivity index (χ1v) is 6.98. The lowest BCUT2D eigenvalue weighted by Gasteiger charge is -2.17. The first-order valence-electron chi connectivity index (χ1n) is 6.98. The number of carbonyl (C=O) groups is 2. The van der Waals surface area contributed by atoms with Crippen LogP contribution in [0.4, 0.5) is 5.69 Å². The number of carbonyl (C=O) groups excluding carboxylic acids is 1. The average molecular weight is 292 g/mol. The lowest BCUT2D eigenvalue weighted by molar-refractivity contribution is -0.142. The monoisotopic (exact) mass is 292 g/mol. The number of amides is 1. The Morgan fingerprint density at radius 3 is 2.95 bits per heavy atom. The second-order valence-corrected chi connectivity index (χ2v) is 5.06. The molecule has 21 heavy (non-hydrogen) atoms. The Kier molecular flexibility index (Phi) is 5.16. The predicted molar refractivity (Wildman–Crippen MR) is 78.3 cm³/mol. The van der Waals surface area contributed by atoms with E-state index >= 15 is 0 Å². The second-order valence-electron chi connectivity index (χ2n) is 5.06. The second kappa shape index (κ2) is 7.08. The van der Waals surface area contributed by atoms with Crippen LogP contribution in [0, 0.1) is 0 Å². The van der Waals surface area contributed by atoms with Crippen LogP contribution in [-0.4, -0.2) is 43.3 Å². The van der Waals surface area contributed by atoms with Crippen LogP contribution in [0.5, 0.6) is 0 Å². The zero-order chi connectivity index (χ0) is 15.2. The fourth-order valence-electron chi connectivity index (χ4n) is 2.48. The van der Waals surface area contributed by atoms with Gasteiger partial charge in [-0.3, -0.25) is 4.79 Å². The van der Waals surface area contributed by atoms with Crippen molar-refractivity contribution in [1.82, 2.24) is 5.32 Å². The van der Waals surface area contributed by atoms with Crippen molar-refractivity contribution < 1.29 is 19.4 Å². The number of fused-ring (bicyclic) bond motifs is 1. The molecule has 3 N–H and O–H groups in total. The molecular formula is C15H20N2O4. The van der Waals surface area contributed by atoms with Gasteiger partial charge in [0.05, 0.1) is 5.92 Å². The zero-order valence-corrected chi connectivity index (χ0v) is 12.0. The van der Waals surface area contributed by atoms with Crippen LogP contribution < -0.4 is 10.6 Å². The van der Waals surface area contributed by atoms with E-state index in [4.69, 9.17) is 4.74 Å². The molecule has 1 aliphatic heterocycles. The van der Waals surface area contributed by atoms with Crippen LogP contribution in [-0.2, 0) is 14.3 Å². The molecule has 0 fully saturated rings. The molecule has 1 heterocycles. The Morgan fingerprint density at radius 2 is 2.24 bits per heavy atom. The topological polar surface area (TPSA) is 87.7 Å². The van der Waals surface area contributed by atoms with Crippen LogP contribution in [0.1, 0.15) is 24.3 Å². The number of rotatable bonds is 7. The highest BCUT2D eigenvalue weighted by molar-refractivity contribution is 5.91. The maximum absolute atomic E-state index is 12.3. The quantitative estimate of drug-likeness (QED) is 0.657. The summed E-state index contributed by atoms with van der Waals surface area (Å²) in [5, 5.41) is 15.0. The minimum atomic E-state index is -1.02. The Hall–Kier alpha value is -2.08. The molecule has 1 aromatic carbocycles. The van der Waals surface area contributed by atoms with Crippen molar-refractivity contribution in [3.8, 4) is 0 Å². The zero-order valence-electron chi connectivity index (χ0n) is 12.0. The van der Waals surface area contributed by atoms with E-state index in [0.717, 1.165) is 11.3 Å². The smallest absolute Gasteiger partial charge is 0.326 e. The van der Waals surface area contributed by atoms with Gasteiger partial charge in [-0.15, -0.1) is 0 Å². The SMILES string of the molecule is COCCCC(NC(=O)C1CNc2ccccc21)C(=O)O. The molecule has 2 atom stereocenters. The summed E-state index contributed by atoms with van der Waals surface area (Å²) in [4.78, 5) is 23.5. The summed E-state index contributed by atoms with van der Waals surface area (Å²) in [7, 11) is 1.56. The van der Waals surface area contributed by atoms with Crippen LogP contribution in [0.25, 0.3) is 0 Å². The summed E-state index contributed by atoms with van der Waals surface area (Å²) < 4.78 is 4.91. The van der Waals surface area contributed by atoms with Gasteiger partial charge in [0, 0.05) is 25.9 Å². The number of ether oxygens (including phenoxy) is 1. The van der Waals surface area contributed by atoms with Crippen molar-refractivity contribution in [2.24, 2.45) is 0 Å². The lowest BCUT2D eigenvalue weighted by Crippen LogP contribution is -2.43.